The van der Waals surface area contributed by atoms with Crippen LogP contribution in [0.15, 0.2) is 24.3 Å². The van der Waals surface area contributed by atoms with Crippen LogP contribution < -0.4 is 11.1 Å². The first-order valence-corrected chi connectivity index (χ1v) is 5.69. The van der Waals surface area contributed by atoms with E-state index in [1.165, 1.54) is 5.56 Å². The third kappa shape index (κ3) is 4.45. The molecule has 1 aromatic carbocycles. The molecule has 1 aromatic rings. The van der Waals surface area contributed by atoms with E-state index in [-0.39, 0.29) is 11.9 Å². The first-order valence-electron chi connectivity index (χ1n) is 5.69. The summed E-state index contributed by atoms with van der Waals surface area (Å²) < 4.78 is 0. The Morgan fingerprint density at radius 2 is 2.25 bits per heavy atom. The lowest BCUT2D eigenvalue weighted by molar-refractivity contribution is -0.121. The highest BCUT2D eigenvalue weighted by Gasteiger charge is 2.06. The van der Waals surface area contributed by atoms with Crippen molar-refractivity contribution in [1.82, 2.24) is 5.32 Å². The minimum absolute atomic E-state index is 0.0239. The molecule has 0 aromatic heterocycles. The molecule has 0 saturated heterocycles. The van der Waals surface area contributed by atoms with Gasteiger partial charge in [-0.25, -0.2) is 0 Å². The second-order valence-electron chi connectivity index (χ2n) is 4.14. The number of carbonyl (C=O) groups excluding carboxylic acids is 1. The van der Waals surface area contributed by atoms with Crippen molar-refractivity contribution in [2.45, 2.75) is 39.3 Å². The van der Waals surface area contributed by atoms with Crippen LogP contribution in [-0.2, 0) is 11.3 Å². The van der Waals surface area contributed by atoms with Crippen LogP contribution in [0.2, 0.25) is 0 Å². The van der Waals surface area contributed by atoms with Crippen LogP contribution in [0, 0.1) is 6.92 Å². The van der Waals surface area contributed by atoms with Gasteiger partial charge in [0.05, 0.1) is 0 Å². The molecule has 0 saturated carbocycles. The molecule has 1 amide bonds. The molecular weight excluding hydrogens is 200 g/mol. The maximum Gasteiger partial charge on any atom is 0.221 e. The summed E-state index contributed by atoms with van der Waals surface area (Å²) in [6, 6.07) is 8.08. The number of nitrogens with two attached hydrogens (primary N) is 1. The van der Waals surface area contributed by atoms with Gasteiger partial charge in [-0.2, -0.15) is 0 Å². The normalized spacial score (nSPS) is 12.2. The molecule has 0 bridgehead atoms. The minimum atomic E-state index is -0.0301. The summed E-state index contributed by atoms with van der Waals surface area (Å²) in [5.41, 5.74) is 8.04. The van der Waals surface area contributed by atoms with Crippen molar-refractivity contribution in [2.24, 2.45) is 5.73 Å². The molecule has 3 N–H and O–H groups in total. The van der Waals surface area contributed by atoms with Crippen LogP contribution >= 0.6 is 0 Å². The lowest BCUT2D eigenvalue weighted by Gasteiger charge is -2.09. The zero-order chi connectivity index (χ0) is 12.0. The summed E-state index contributed by atoms with van der Waals surface area (Å²) in [6.45, 7) is 4.60. The number of rotatable bonds is 5. The second-order valence-corrected chi connectivity index (χ2v) is 4.14. The van der Waals surface area contributed by atoms with Crippen LogP contribution in [0.5, 0.6) is 0 Å². The van der Waals surface area contributed by atoms with Crippen LogP contribution in [0.1, 0.15) is 30.9 Å². The van der Waals surface area contributed by atoms with E-state index in [0.717, 1.165) is 12.0 Å². The monoisotopic (exact) mass is 220 g/mol. The summed E-state index contributed by atoms with van der Waals surface area (Å²) in [4.78, 5) is 11.5. The molecule has 1 atom stereocenters. The molecule has 3 nitrogen and oxygen atoms in total. The van der Waals surface area contributed by atoms with Gasteiger partial charge in [0.15, 0.2) is 0 Å². The highest BCUT2D eigenvalue weighted by atomic mass is 16.1. The Kier molecular flexibility index (Phi) is 4.99. The molecule has 0 heterocycles. The van der Waals surface area contributed by atoms with Crippen molar-refractivity contribution >= 4 is 5.91 Å². The number of amides is 1. The maximum absolute atomic E-state index is 11.5. The fraction of sp³-hybridized carbons (Fsp3) is 0.462. The van der Waals surface area contributed by atoms with E-state index in [2.05, 4.69) is 11.4 Å². The lowest BCUT2D eigenvalue weighted by Crippen LogP contribution is -2.30. The van der Waals surface area contributed by atoms with Gasteiger partial charge in [0.1, 0.15) is 0 Å². The van der Waals surface area contributed by atoms with Gasteiger partial charge in [0.2, 0.25) is 5.91 Å². The largest absolute Gasteiger partial charge is 0.352 e. The summed E-state index contributed by atoms with van der Waals surface area (Å²) >= 11 is 0. The molecule has 0 aliphatic heterocycles. The average molecular weight is 220 g/mol. The summed E-state index contributed by atoms with van der Waals surface area (Å²) in [7, 11) is 0. The first-order chi connectivity index (χ1) is 7.61. The van der Waals surface area contributed by atoms with E-state index in [1.807, 2.05) is 32.0 Å². The molecule has 0 radical (unpaired) electrons. The van der Waals surface area contributed by atoms with E-state index in [1.54, 1.807) is 0 Å². The van der Waals surface area contributed by atoms with Gasteiger partial charge in [-0.05, 0) is 18.9 Å². The maximum atomic E-state index is 11.5. The number of hydrogen-bond donors (Lipinski definition) is 2. The topological polar surface area (TPSA) is 55.1 Å². The summed E-state index contributed by atoms with van der Waals surface area (Å²) in [6.07, 6.45) is 1.24. The Morgan fingerprint density at radius 3 is 2.88 bits per heavy atom. The molecule has 0 spiro atoms. The van der Waals surface area contributed by atoms with Crippen LogP contribution in [-0.4, -0.2) is 11.9 Å². The van der Waals surface area contributed by atoms with E-state index in [0.29, 0.717) is 13.0 Å². The van der Waals surface area contributed by atoms with E-state index >= 15 is 0 Å². The quantitative estimate of drug-likeness (QED) is 0.794. The van der Waals surface area contributed by atoms with Crippen molar-refractivity contribution in [1.29, 1.82) is 0 Å². The molecule has 88 valence electrons. The Labute approximate surface area is 97.0 Å². The second kappa shape index (κ2) is 6.28. The molecule has 16 heavy (non-hydrogen) atoms. The van der Waals surface area contributed by atoms with Gasteiger partial charge in [-0.1, -0.05) is 36.8 Å². The van der Waals surface area contributed by atoms with Crippen LogP contribution in [0.4, 0.5) is 0 Å². The van der Waals surface area contributed by atoms with E-state index in [4.69, 9.17) is 5.73 Å². The van der Waals surface area contributed by atoms with Crippen LogP contribution in [0.25, 0.3) is 0 Å². The third-order valence-electron chi connectivity index (χ3n) is 2.54. The molecule has 0 fully saturated rings. The minimum Gasteiger partial charge on any atom is -0.352 e. The van der Waals surface area contributed by atoms with Gasteiger partial charge in [0.25, 0.3) is 0 Å². The molecule has 1 rings (SSSR count). The number of nitrogens with one attached hydrogen (secondary N) is 1. The van der Waals surface area contributed by atoms with Crippen molar-refractivity contribution in [3.63, 3.8) is 0 Å². The standard InChI is InChI=1S/C13H20N2O/c1-3-12(14)8-13(16)15-9-11-6-4-5-10(2)7-11/h4-7,12H,3,8-9,14H2,1-2H3,(H,15,16). The Morgan fingerprint density at radius 1 is 1.50 bits per heavy atom. The number of carbonyl (C=O) groups is 1. The lowest BCUT2D eigenvalue weighted by atomic mass is 10.1. The van der Waals surface area contributed by atoms with Gasteiger partial charge in [0, 0.05) is 19.0 Å². The van der Waals surface area contributed by atoms with E-state index in [9.17, 15) is 4.79 Å². The summed E-state index contributed by atoms with van der Waals surface area (Å²) in [5, 5.41) is 2.87. The first kappa shape index (κ1) is 12.7. The molecule has 3 heteroatoms. The fourth-order valence-electron chi connectivity index (χ4n) is 1.48. The Hall–Kier alpha value is -1.35. The van der Waals surface area contributed by atoms with Crippen molar-refractivity contribution in [3.8, 4) is 0 Å². The Balaban J connectivity index is 2.37. The zero-order valence-corrected chi connectivity index (χ0v) is 9.99. The molecular formula is C13H20N2O. The SMILES string of the molecule is CCC(N)CC(=O)NCc1cccc(C)c1. The highest BCUT2D eigenvalue weighted by Crippen LogP contribution is 2.03. The van der Waals surface area contributed by atoms with Crippen molar-refractivity contribution in [2.75, 3.05) is 0 Å². The van der Waals surface area contributed by atoms with Gasteiger partial charge in [-0.3, -0.25) is 4.79 Å². The van der Waals surface area contributed by atoms with Gasteiger partial charge in [-0.15, -0.1) is 0 Å². The predicted octanol–water partition coefficient (Wildman–Crippen LogP) is 1.74. The Bertz CT molecular complexity index is 350. The smallest absolute Gasteiger partial charge is 0.221 e. The predicted molar refractivity (Wildman–Crippen MR) is 65.9 cm³/mol. The van der Waals surface area contributed by atoms with Crippen LogP contribution in [0.3, 0.4) is 0 Å². The molecule has 0 aliphatic rings. The van der Waals surface area contributed by atoms with E-state index < -0.39 is 0 Å². The number of aryl methyl sites for hydroxylation is 1. The fourth-order valence-corrected chi connectivity index (χ4v) is 1.48. The molecule has 1 unspecified atom stereocenters. The van der Waals surface area contributed by atoms with Gasteiger partial charge >= 0.3 is 0 Å². The van der Waals surface area contributed by atoms with Crippen molar-refractivity contribution < 1.29 is 4.79 Å². The average Bonchev–Trinajstić information content (AvgIpc) is 2.26. The zero-order valence-electron chi connectivity index (χ0n) is 9.99. The number of benzene rings is 1. The van der Waals surface area contributed by atoms with Crippen molar-refractivity contribution in [3.05, 3.63) is 35.4 Å². The third-order valence-corrected chi connectivity index (χ3v) is 2.54. The summed E-state index contributed by atoms with van der Waals surface area (Å²) in [5.74, 6) is 0.0239. The van der Waals surface area contributed by atoms with Gasteiger partial charge < -0.3 is 11.1 Å². The molecule has 0 aliphatic carbocycles. The number of hydrogen-bond acceptors (Lipinski definition) is 2. The highest BCUT2D eigenvalue weighted by molar-refractivity contribution is 5.76.